The van der Waals surface area contributed by atoms with E-state index in [9.17, 15) is 9.59 Å². The summed E-state index contributed by atoms with van der Waals surface area (Å²) in [4.78, 5) is 28.4. The Kier molecular flexibility index (Phi) is 4.09. The molecule has 0 radical (unpaired) electrons. The van der Waals surface area contributed by atoms with Gasteiger partial charge in [-0.25, -0.2) is 0 Å². The van der Waals surface area contributed by atoms with Gasteiger partial charge >= 0.3 is 0 Å². The van der Waals surface area contributed by atoms with Crippen molar-refractivity contribution in [3.63, 3.8) is 0 Å². The molecule has 0 saturated heterocycles. The maximum absolute atomic E-state index is 12.5. The molecule has 0 unspecified atom stereocenters. The van der Waals surface area contributed by atoms with E-state index in [0.717, 1.165) is 28.7 Å². The highest BCUT2D eigenvalue weighted by Crippen LogP contribution is 2.28. The Bertz CT molecular complexity index is 970. The van der Waals surface area contributed by atoms with Crippen LogP contribution in [0.1, 0.15) is 39.0 Å². The van der Waals surface area contributed by atoms with Crippen LogP contribution in [0.2, 0.25) is 0 Å². The molecular formula is C21H20N2O3. The molecule has 5 heteroatoms. The van der Waals surface area contributed by atoms with Crippen molar-refractivity contribution in [2.75, 3.05) is 13.7 Å². The van der Waals surface area contributed by atoms with Crippen molar-refractivity contribution in [3.8, 4) is 0 Å². The van der Waals surface area contributed by atoms with Crippen molar-refractivity contribution in [2.24, 2.45) is 0 Å². The molecule has 1 aliphatic rings. The van der Waals surface area contributed by atoms with E-state index in [1.165, 1.54) is 4.90 Å². The second kappa shape index (κ2) is 6.42. The smallest absolute Gasteiger partial charge is 0.262 e. The number of para-hydroxylation sites is 1. The van der Waals surface area contributed by atoms with Gasteiger partial charge < -0.3 is 4.42 Å². The Morgan fingerprint density at radius 2 is 1.58 bits per heavy atom. The number of hydrogen-bond donors (Lipinski definition) is 0. The quantitative estimate of drug-likeness (QED) is 0.660. The Morgan fingerprint density at radius 3 is 2.23 bits per heavy atom. The number of hydrogen-bond acceptors (Lipinski definition) is 4. The first-order valence-electron chi connectivity index (χ1n) is 8.73. The predicted molar refractivity (Wildman–Crippen MR) is 98.9 cm³/mol. The summed E-state index contributed by atoms with van der Waals surface area (Å²) in [7, 11) is 1.91. The summed E-state index contributed by atoms with van der Waals surface area (Å²) in [6.45, 7) is 2.91. The van der Waals surface area contributed by atoms with Crippen LogP contribution in [0, 0.1) is 0 Å². The lowest BCUT2D eigenvalue weighted by molar-refractivity contribution is 0.0559. The van der Waals surface area contributed by atoms with Gasteiger partial charge in [-0.3, -0.25) is 19.4 Å². The minimum absolute atomic E-state index is 0.231. The van der Waals surface area contributed by atoms with Gasteiger partial charge in [0.25, 0.3) is 11.8 Å². The van der Waals surface area contributed by atoms with Crippen LogP contribution in [0.5, 0.6) is 0 Å². The minimum atomic E-state index is -0.231. The van der Waals surface area contributed by atoms with E-state index in [2.05, 4.69) is 6.92 Å². The van der Waals surface area contributed by atoms with E-state index in [-0.39, 0.29) is 18.5 Å². The predicted octanol–water partition coefficient (Wildman–Crippen LogP) is 3.68. The van der Waals surface area contributed by atoms with Gasteiger partial charge in [0.2, 0.25) is 0 Å². The van der Waals surface area contributed by atoms with Crippen LogP contribution >= 0.6 is 0 Å². The summed E-state index contributed by atoms with van der Waals surface area (Å²) in [6, 6.07) is 14.9. The monoisotopic (exact) mass is 348 g/mol. The molecule has 0 spiro atoms. The van der Waals surface area contributed by atoms with E-state index in [1.807, 2.05) is 36.2 Å². The maximum Gasteiger partial charge on any atom is 0.262 e. The van der Waals surface area contributed by atoms with Gasteiger partial charge in [-0.1, -0.05) is 37.3 Å². The maximum atomic E-state index is 12.5. The van der Waals surface area contributed by atoms with Crippen molar-refractivity contribution in [3.05, 3.63) is 71.0 Å². The molecule has 0 aliphatic carbocycles. The molecule has 0 atom stereocenters. The molecule has 4 rings (SSSR count). The Hall–Kier alpha value is -2.92. The summed E-state index contributed by atoms with van der Waals surface area (Å²) in [5.41, 5.74) is 2.94. The second-order valence-corrected chi connectivity index (χ2v) is 6.59. The van der Waals surface area contributed by atoms with Gasteiger partial charge in [-0.05, 0) is 25.2 Å². The van der Waals surface area contributed by atoms with Crippen molar-refractivity contribution >= 4 is 22.8 Å². The van der Waals surface area contributed by atoms with Crippen LogP contribution in [0.3, 0.4) is 0 Å². The normalized spacial score (nSPS) is 13.9. The molecule has 0 saturated carbocycles. The highest BCUT2D eigenvalue weighted by Gasteiger charge is 2.35. The number of imide groups is 1. The average molecular weight is 348 g/mol. The summed E-state index contributed by atoms with van der Waals surface area (Å²) < 4.78 is 5.94. The molecule has 1 aromatic heterocycles. The lowest BCUT2D eigenvalue weighted by atomic mass is 10.1. The highest BCUT2D eigenvalue weighted by atomic mass is 16.3. The van der Waals surface area contributed by atoms with Crippen LogP contribution in [0.25, 0.3) is 11.0 Å². The number of carbonyl (C=O) groups is 2. The highest BCUT2D eigenvalue weighted by molar-refractivity contribution is 6.21. The first kappa shape index (κ1) is 16.5. The molecule has 0 N–H and O–H groups in total. The molecule has 5 nitrogen and oxygen atoms in total. The lowest BCUT2D eigenvalue weighted by Crippen LogP contribution is -2.39. The largest absolute Gasteiger partial charge is 0.461 e. The molecule has 0 fully saturated rings. The van der Waals surface area contributed by atoms with Crippen molar-refractivity contribution in [2.45, 2.75) is 19.9 Å². The number of fused-ring (bicyclic) bond motifs is 2. The van der Waals surface area contributed by atoms with Gasteiger partial charge in [0, 0.05) is 23.9 Å². The summed E-state index contributed by atoms with van der Waals surface area (Å²) >= 11 is 0. The third-order valence-electron chi connectivity index (χ3n) is 4.79. The van der Waals surface area contributed by atoms with E-state index in [1.54, 1.807) is 24.3 Å². The molecule has 3 aromatic rings. The van der Waals surface area contributed by atoms with Crippen LogP contribution in [-0.4, -0.2) is 35.3 Å². The lowest BCUT2D eigenvalue weighted by Gasteiger charge is -2.22. The zero-order valence-electron chi connectivity index (χ0n) is 14.9. The van der Waals surface area contributed by atoms with Gasteiger partial charge in [0.1, 0.15) is 11.3 Å². The SMILES string of the molecule is CCc1oc2ccccc2c1CN(C)CN1C(=O)c2ccccc2C1=O. The number of benzene rings is 2. The zero-order valence-corrected chi connectivity index (χ0v) is 14.9. The van der Waals surface area contributed by atoms with Crippen molar-refractivity contribution in [1.82, 2.24) is 9.80 Å². The topological polar surface area (TPSA) is 53.8 Å². The molecule has 132 valence electrons. The summed E-state index contributed by atoms with van der Waals surface area (Å²) in [5.74, 6) is 0.482. The van der Waals surface area contributed by atoms with Gasteiger partial charge in [-0.2, -0.15) is 0 Å². The van der Waals surface area contributed by atoms with Gasteiger partial charge in [0.05, 0.1) is 17.8 Å². The number of furan rings is 1. The van der Waals surface area contributed by atoms with Gasteiger partial charge in [0.15, 0.2) is 0 Å². The van der Waals surface area contributed by atoms with Crippen molar-refractivity contribution in [1.29, 1.82) is 0 Å². The number of nitrogens with zero attached hydrogens (tertiary/aromatic N) is 2. The summed E-state index contributed by atoms with van der Waals surface area (Å²) in [6.07, 6.45) is 0.796. The van der Waals surface area contributed by atoms with Crippen molar-refractivity contribution < 1.29 is 14.0 Å². The van der Waals surface area contributed by atoms with E-state index < -0.39 is 0 Å². The minimum Gasteiger partial charge on any atom is -0.461 e. The van der Waals surface area contributed by atoms with Crippen LogP contribution in [-0.2, 0) is 13.0 Å². The fourth-order valence-electron chi connectivity index (χ4n) is 3.54. The fourth-order valence-corrected chi connectivity index (χ4v) is 3.54. The Balaban J connectivity index is 1.56. The van der Waals surface area contributed by atoms with Crippen LogP contribution in [0.4, 0.5) is 0 Å². The summed E-state index contributed by atoms with van der Waals surface area (Å²) in [5, 5.41) is 1.08. The Morgan fingerprint density at radius 1 is 0.962 bits per heavy atom. The first-order valence-corrected chi connectivity index (χ1v) is 8.73. The third kappa shape index (κ3) is 2.61. The molecular weight excluding hydrogens is 328 g/mol. The number of rotatable bonds is 5. The van der Waals surface area contributed by atoms with E-state index >= 15 is 0 Å². The molecule has 2 heterocycles. The number of amides is 2. The average Bonchev–Trinajstić information content (AvgIpc) is 3.13. The third-order valence-corrected chi connectivity index (χ3v) is 4.79. The fraction of sp³-hybridized carbons (Fsp3) is 0.238. The molecule has 26 heavy (non-hydrogen) atoms. The molecule has 2 aromatic carbocycles. The van der Waals surface area contributed by atoms with E-state index in [4.69, 9.17) is 4.42 Å². The Labute approximate surface area is 151 Å². The number of carbonyl (C=O) groups excluding carboxylic acids is 2. The van der Waals surface area contributed by atoms with Crippen LogP contribution in [0.15, 0.2) is 52.9 Å². The van der Waals surface area contributed by atoms with E-state index in [0.29, 0.717) is 17.7 Å². The second-order valence-electron chi connectivity index (χ2n) is 6.59. The standard InChI is InChI=1S/C21H20N2O3/c1-3-18-17(14-8-6-7-11-19(14)26-18)12-22(2)13-23-20(24)15-9-4-5-10-16(15)21(23)25/h4-11H,3,12-13H2,1-2H3. The first-order chi connectivity index (χ1) is 12.6. The number of aryl methyl sites for hydroxylation is 1. The van der Waals surface area contributed by atoms with Crippen LogP contribution < -0.4 is 0 Å². The zero-order chi connectivity index (χ0) is 18.3. The molecule has 1 aliphatic heterocycles. The van der Waals surface area contributed by atoms with Gasteiger partial charge in [-0.15, -0.1) is 0 Å². The molecule has 2 amide bonds. The molecule has 0 bridgehead atoms.